The van der Waals surface area contributed by atoms with Crippen molar-refractivity contribution in [2.24, 2.45) is 5.92 Å². The van der Waals surface area contributed by atoms with Gasteiger partial charge in [-0.15, -0.1) is 0 Å². The molecule has 0 aromatic heterocycles. The number of rotatable bonds is 3. The van der Waals surface area contributed by atoms with Gasteiger partial charge in [-0.3, -0.25) is 4.79 Å². The number of Topliss-reactive ketones (excluding diaryl/α,β-unsaturated/α-hetero) is 1. The molecule has 0 saturated heterocycles. The largest absolute Gasteiger partial charge is 0.298 e. The number of hydrogen-bond donors (Lipinski definition) is 0. The zero-order valence-corrected chi connectivity index (χ0v) is 15.3. The summed E-state index contributed by atoms with van der Waals surface area (Å²) in [5.41, 5.74) is 3.08. The van der Waals surface area contributed by atoms with E-state index < -0.39 is 5.41 Å². The van der Waals surface area contributed by atoms with Crippen molar-refractivity contribution in [2.45, 2.75) is 31.1 Å². The molecule has 0 unspecified atom stereocenters. The minimum Gasteiger partial charge on any atom is -0.298 e. The third-order valence-electron chi connectivity index (χ3n) is 6.16. The molecule has 1 saturated carbocycles. The van der Waals surface area contributed by atoms with Crippen molar-refractivity contribution in [1.82, 2.24) is 0 Å². The summed E-state index contributed by atoms with van der Waals surface area (Å²) in [5.74, 6) is 0.617. The van der Waals surface area contributed by atoms with Crippen LogP contribution in [0.15, 0.2) is 91.0 Å². The van der Waals surface area contributed by atoms with Crippen LogP contribution < -0.4 is 0 Å². The van der Waals surface area contributed by atoms with Crippen molar-refractivity contribution in [3.05, 3.63) is 108 Å². The van der Waals surface area contributed by atoms with Gasteiger partial charge in [-0.1, -0.05) is 97.9 Å². The second kappa shape index (κ2) is 6.57. The fraction of sp³-hybridized carbons (Fsp3) is 0.240. The smallest absolute Gasteiger partial charge is 0.147 e. The first-order valence-corrected chi connectivity index (χ1v) is 9.33. The van der Waals surface area contributed by atoms with Gasteiger partial charge in [-0.25, -0.2) is 0 Å². The van der Waals surface area contributed by atoms with Gasteiger partial charge in [0.25, 0.3) is 0 Å². The van der Waals surface area contributed by atoms with E-state index in [0.29, 0.717) is 5.78 Å². The minimum atomic E-state index is -0.525. The summed E-state index contributed by atoms with van der Waals surface area (Å²) >= 11 is 0. The van der Waals surface area contributed by atoms with Crippen LogP contribution in [-0.2, 0) is 10.2 Å². The van der Waals surface area contributed by atoms with Crippen LogP contribution in [-0.4, -0.2) is 5.78 Å². The average molecular weight is 340 g/mol. The summed E-state index contributed by atoms with van der Waals surface area (Å²) in [6.07, 6.45) is 0. The molecule has 3 aromatic carbocycles. The molecular weight excluding hydrogens is 316 g/mol. The third kappa shape index (κ3) is 2.50. The predicted octanol–water partition coefficient (Wildman–Crippen LogP) is 5.73. The zero-order valence-electron chi connectivity index (χ0n) is 15.3. The van der Waals surface area contributed by atoms with Gasteiger partial charge in [0.05, 0.1) is 5.41 Å². The van der Waals surface area contributed by atoms with Crippen molar-refractivity contribution >= 4 is 5.78 Å². The van der Waals surface area contributed by atoms with Crippen LogP contribution in [0.4, 0.5) is 0 Å². The normalized spacial score (nSPS) is 28.2. The summed E-state index contributed by atoms with van der Waals surface area (Å²) in [6, 6.07) is 31.4. The molecule has 0 spiro atoms. The van der Waals surface area contributed by atoms with Crippen LogP contribution in [0.25, 0.3) is 0 Å². The highest BCUT2D eigenvalue weighted by Crippen LogP contribution is 2.58. The predicted molar refractivity (Wildman–Crippen MR) is 106 cm³/mol. The van der Waals surface area contributed by atoms with Crippen LogP contribution in [0.5, 0.6) is 0 Å². The molecule has 1 heteroatoms. The molecule has 0 radical (unpaired) electrons. The van der Waals surface area contributed by atoms with Gasteiger partial charge >= 0.3 is 0 Å². The lowest BCUT2D eigenvalue weighted by atomic mass is 9.67. The highest BCUT2D eigenvalue weighted by atomic mass is 16.1. The molecule has 0 amide bonds. The Hall–Kier alpha value is -2.67. The van der Waals surface area contributed by atoms with Gasteiger partial charge in [0, 0.05) is 17.8 Å². The van der Waals surface area contributed by atoms with Crippen molar-refractivity contribution in [3.8, 4) is 0 Å². The van der Waals surface area contributed by atoms with E-state index in [2.05, 4.69) is 74.5 Å². The van der Waals surface area contributed by atoms with Crippen molar-refractivity contribution in [2.75, 3.05) is 0 Å². The molecule has 0 bridgehead atoms. The lowest BCUT2D eigenvalue weighted by Gasteiger charge is -2.34. The lowest BCUT2D eigenvalue weighted by molar-refractivity contribution is -0.124. The van der Waals surface area contributed by atoms with Crippen molar-refractivity contribution in [1.29, 1.82) is 0 Å². The summed E-state index contributed by atoms with van der Waals surface area (Å²) in [5, 5.41) is 0. The van der Waals surface area contributed by atoms with Gasteiger partial charge in [-0.2, -0.15) is 0 Å². The van der Waals surface area contributed by atoms with E-state index in [9.17, 15) is 4.79 Å². The maximum absolute atomic E-state index is 13.6. The third-order valence-corrected chi connectivity index (χ3v) is 6.16. The van der Waals surface area contributed by atoms with Gasteiger partial charge in [-0.05, 0) is 23.6 Å². The molecule has 0 N–H and O–H groups in total. The van der Waals surface area contributed by atoms with Crippen molar-refractivity contribution in [3.63, 3.8) is 0 Å². The number of ketones is 1. The molecule has 1 fully saturated rings. The monoisotopic (exact) mass is 340 g/mol. The molecule has 130 valence electrons. The van der Waals surface area contributed by atoms with E-state index in [1.807, 2.05) is 30.3 Å². The molecule has 0 aliphatic heterocycles. The van der Waals surface area contributed by atoms with Crippen LogP contribution in [0, 0.1) is 5.92 Å². The zero-order chi connectivity index (χ0) is 18.1. The van der Waals surface area contributed by atoms with Crippen LogP contribution in [0.1, 0.15) is 42.4 Å². The first-order chi connectivity index (χ1) is 12.6. The van der Waals surface area contributed by atoms with Gasteiger partial charge in [0.1, 0.15) is 5.78 Å². The maximum Gasteiger partial charge on any atom is 0.147 e. The molecule has 1 nitrogen and oxygen atoms in total. The summed E-state index contributed by atoms with van der Waals surface area (Å²) < 4.78 is 0. The highest BCUT2D eigenvalue weighted by Gasteiger charge is 2.57. The first kappa shape index (κ1) is 16.8. The average Bonchev–Trinajstić information content (AvgIpc) is 2.92. The Kier molecular flexibility index (Phi) is 4.24. The van der Waals surface area contributed by atoms with Crippen LogP contribution >= 0.6 is 0 Å². The molecule has 1 aliphatic rings. The lowest BCUT2D eigenvalue weighted by Crippen LogP contribution is -2.34. The van der Waals surface area contributed by atoms with Crippen LogP contribution in [0.2, 0.25) is 0 Å². The number of carbonyl (C=O) groups is 1. The second-order valence-corrected chi connectivity index (χ2v) is 7.55. The Morgan fingerprint density at radius 2 is 1.15 bits per heavy atom. The number of benzene rings is 3. The van der Waals surface area contributed by atoms with Gasteiger partial charge in [0.2, 0.25) is 0 Å². The maximum atomic E-state index is 13.6. The van der Waals surface area contributed by atoms with Gasteiger partial charge in [0.15, 0.2) is 0 Å². The fourth-order valence-electron chi connectivity index (χ4n) is 4.90. The summed E-state index contributed by atoms with van der Waals surface area (Å²) in [6.45, 7) is 4.24. The SMILES string of the molecule is C[C@@H]1C(=O)[C@@](C)(c2ccccc2)[C@H](c2ccccc2)[C@H]1c1ccccc1. The second-order valence-electron chi connectivity index (χ2n) is 7.55. The van der Waals surface area contributed by atoms with Gasteiger partial charge < -0.3 is 0 Å². The molecule has 1 aliphatic carbocycles. The van der Waals surface area contributed by atoms with E-state index in [4.69, 9.17) is 0 Å². The van der Waals surface area contributed by atoms with E-state index in [-0.39, 0.29) is 17.8 Å². The fourth-order valence-corrected chi connectivity index (χ4v) is 4.90. The quantitative estimate of drug-likeness (QED) is 0.595. The van der Waals surface area contributed by atoms with E-state index in [1.54, 1.807) is 0 Å². The molecular formula is C25H24O. The molecule has 3 aromatic rings. The molecule has 4 atom stereocenters. The number of carbonyl (C=O) groups excluding carboxylic acids is 1. The summed E-state index contributed by atoms with van der Waals surface area (Å²) in [7, 11) is 0. The Bertz CT molecular complexity index is 885. The molecule has 26 heavy (non-hydrogen) atoms. The Labute approximate surface area is 155 Å². The van der Waals surface area contributed by atoms with Crippen LogP contribution in [0.3, 0.4) is 0 Å². The Morgan fingerprint density at radius 1 is 0.692 bits per heavy atom. The molecule has 0 heterocycles. The van der Waals surface area contributed by atoms with E-state index in [0.717, 1.165) is 5.56 Å². The topological polar surface area (TPSA) is 17.1 Å². The first-order valence-electron chi connectivity index (χ1n) is 9.33. The number of hydrogen-bond acceptors (Lipinski definition) is 1. The standard InChI is InChI=1S/C25H24O/c1-18-22(19-12-6-3-7-13-19)23(20-14-8-4-9-15-20)25(2,24(18)26)21-16-10-5-11-17-21/h3-18,22-23H,1-2H3/t18-,22+,23+,25-/m0/s1. The van der Waals surface area contributed by atoms with E-state index in [1.165, 1.54) is 11.1 Å². The molecule has 4 rings (SSSR count). The Balaban J connectivity index is 1.95. The summed E-state index contributed by atoms with van der Waals surface area (Å²) in [4.78, 5) is 13.6. The Morgan fingerprint density at radius 3 is 1.69 bits per heavy atom. The van der Waals surface area contributed by atoms with Crippen molar-refractivity contribution < 1.29 is 4.79 Å². The van der Waals surface area contributed by atoms with E-state index >= 15 is 0 Å². The highest BCUT2D eigenvalue weighted by molar-refractivity contribution is 5.96. The minimum absolute atomic E-state index is 0.0205.